The Morgan fingerprint density at radius 3 is 0.573 bits per heavy atom. The Balaban J connectivity index is 5.23. The lowest BCUT2D eigenvalue weighted by molar-refractivity contribution is -0.161. The summed E-state index contributed by atoms with van der Waals surface area (Å²) >= 11 is 0. The molecule has 0 spiro atoms. The molecule has 0 aliphatic rings. The van der Waals surface area contributed by atoms with Gasteiger partial charge in [-0.2, -0.15) is 0 Å². The highest BCUT2D eigenvalue weighted by Gasteiger charge is 2.30. The van der Waals surface area contributed by atoms with Gasteiger partial charge in [-0.15, -0.1) is 0 Å². The summed E-state index contributed by atoms with van der Waals surface area (Å²) in [6, 6.07) is 0. The number of rotatable bonds is 85. The number of esters is 4. The van der Waals surface area contributed by atoms with Gasteiger partial charge in [0, 0.05) is 25.7 Å². The summed E-state index contributed by atoms with van der Waals surface area (Å²) in [4.78, 5) is 73.1. The van der Waals surface area contributed by atoms with Crippen LogP contribution in [-0.2, 0) is 65.4 Å². The molecule has 0 aliphatic heterocycles. The Labute approximate surface area is 632 Å². The van der Waals surface area contributed by atoms with Crippen LogP contribution in [0.5, 0.6) is 0 Å². The average Bonchev–Trinajstić information content (AvgIpc) is 0.918. The number of hydrogen-bond acceptors (Lipinski definition) is 15. The normalized spacial score (nSPS) is 13.7. The van der Waals surface area contributed by atoms with Gasteiger partial charge in [-0.05, 0) is 25.7 Å². The molecule has 3 N–H and O–H groups in total. The number of aliphatic hydroxyl groups is 1. The number of aliphatic hydroxyl groups excluding tert-OH is 1. The van der Waals surface area contributed by atoms with Crippen molar-refractivity contribution in [3.63, 3.8) is 0 Å². The third-order valence-electron chi connectivity index (χ3n) is 19.9. The van der Waals surface area contributed by atoms with Crippen LogP contribution in [0.1, 0.15) is 458 Å². The van der Waals surface area contributed by atoms with E-state index in [0.29, 0.717) is 25.7 Å². The fraction of sp³-hybridized carbons (Fsp3) is 0.952. The van der Waals surface area contributed by atoms with Gasteiger partial charge in [0.05, 0.1) is 26.4 Å². The van der Waals surface area contributed by atoms with E-state index in [-0.39, 0.29) is 25.7 Å². The van der Waals surface area contributed by atoms with Gasteiger partial charge < -0.3 is 33.8 Å². The third-order valence-corrected chi connectivity index (χ3v) is 21.8. The lowest BCUT2D eigenvalue weighted by Crippen LogP contribution is -2.30. The van der Waals surface area contributed by atoms with E-state index in [0.717, 1.165) is 89.9 Å². The molecule has 0 saturated heterocycles. The summed E-state index contributed by atoms with van der Waals surface area (Å²) in [5.41, 5.74) is 0. The van der Waals surface area contributed by atoms with Crippen LogP contribution < -0.4 is 0 Å². The zero-order chi connectivity index (χ0) is 75.3. The molecule has 103 heavy (non-hydrogen) atoms. The van der Waals surface area contributed by atoms with Gasteiger partial charge in [-0.1, -0.05) is 407 Å². The molecule has 0 aromatic rings. The standard InChI is InChI=1S/C84H164O17P2/c1-5-9-13-17-21-25-29-32-35-37-39-40-42-44-47-51-55-59-63-67-71-84(89)101-80(75-95-82(87)69-65-61-57-53-49-46-43-41-38-36-33-30-26-22-18-14-10-6-2)77-99-103(92,93)97-73-78(85)72-96-102(90,91)98-76-79(74-94-81(86)68-64-60-56-52-48-28-24-20-16-12-8-4)100-83(88)70-66-62-58-54-50-45-34-31-27-23-19-15-11-7-3/h78-80,85H,5-77H2,1-4H3,(H,90,91)(H,92,93)/t78-,79+,80+/m0/s1. The Hall–Kier alpha value is -1.94. The first kappa shape index (κ1) is 101. The van der Waals surface area contributed by atoms with Crippen LogP contribution in [0.2, 0.25) is 0 Å². The summed E-state index contributed by atoms with van der Waals surface area (Å²) in [5.74, 6) is -2.10. The summed E-state index contributed by atoms with van der Waals surface area (Å²) < 4.78 is 68.8. The second-order valence-corrected chi connectivity index (χ2v) is 33.1. The van der Waals surface area contributed by atoms with Gasteiger partial charge in [-0.3, -0.25) is 37.3 Å². The Morgan fingerprint density at radius 2 is 0.388 bits per heavy atom. The van der Waals surface area contributed by atoms with Crippen LogP contribution in [0.4, 0.5) is 0 Å². The minimum atomic E-state index is -4.96. The number of carbonyl (C=O) groups excluding carboxylic acids is 4. The fourth-order valence-electron chi connectivity index (χ4n) is 13.2. The van der Waals surface area contributed by atoms with Gasteiger partial charge >= 0.3 is 39.5 Å². The van der Waals surface area contributed by atoms with Crippen molar-refractivity contribution in [2.24, 2.45) is 0 Å². The molecule has 17 nitrogen and oxygen atoms in total. The first-order chi connectivity index (χ1) is 50.2. The summed E-state index contributed by atoms with van der Waals surface area (Å²) in [6.07, 6.45) is 72.1. The van der Waals surface area contributed by atoms with Crippen molar-refractivity contribution in [2.75, 3.05) is 39.6 Å². The molecule has 0 radical (unpaired) electrons. The van der Waals surface area contributed by atoms with E-state index in [1.54, 1.807) is 0 Å². The van der Waals surface area contributed by atoms with Crippen molar-refractivity contribution in [1.82, 2.24) is 0 Å². The van der Waals surface area contributed by atoms with Crippen molar-refractivity contribution < 1.29 is 80.2 Å². The molecule has 0 bridgehead atoms. The Kier molecular flexibility index (Phi) is 76.7. The first-order valence-corrected chi connectivity index (χ1v) is 46.8. The lowest BCUT2D eigenvalue weighted by atomic mass is 10.0. The molecule has 0 heterocycles. The highest BCUT2D eigenvalue weighted by molar-refractivity contribution is 7.47. The van der Waals surface area contributed by atoms with E-state index in [1.807, 2.05) is 0 Å². The monoisotopic (exact) mass is 1510 g/mol. The molecule has 0 aromatic heterocycles. The lowest BCUT2D eigenvalue weighted by Gasteiger charge is -2.21. The zero-order valence-electron chi connectivity index (χ0n) is 67.3. The molecular weight excluding hydrogens is 1340 g/mol. The molecule has 612 valence electrons. The highest BCUT2D eigenvalue weighted by atomic mass is 31.2. The maximum atomic E-state index is 13.1. The van der Waals surface area contributed by atoms with Crippen molar-refractivity contribution >= 4 is 39.5 Å². The van der Waals surface area contributed by atoms with Crippen molar-refractivity contribution in [2.45, 2.75) is 476 Å². The molecular formula is C84H164O17P2. The minimum Gasteiger partial charge on any atom is -0.462 e. The summed E-state index contributed by atoms with van der Waals surface area (Å²) in [6.45, 7) is 5.05. The van der Waals surface area contributed by atoms with Gasteiger partial charge in [0.2, 0.25) is 0 Å². The van der Waals surface area contributed by atoms with Crippen LogP contribution in [0.25, 0.3) is 0 Å². The maximum Gasteiger partial charge on any atom is 0.472 e. The summed E-state index contributed by atoms with van der Waals surface area (Å²) in [7, 11) is -9.92. The number of hydrogen-bond donors (Lipinski definition) is 3. The predicted molar refractivity (Wildman–Crippen MR) is 423 cm³/mol. The largest absolute Gasteiger partial charge is 0.472 e. The highest BCUT2D eigenvalue weighted by Crippen LogP contribution is 2.45. The summed E-state index contributed by atoms with van der Waals surface area (Å²) in [5, 5.41) is 10.7. The number of phosphoric acid groups is 2. The van der Waals surface area contributed by atoms with Crippen LogP contribution >= 0.6 is 15.6 Å². The first-order valence-electron chi connectivity index (χ1n) is 43.8. The molecule has 0 fully saturated rings. The van der Waals surface area contributed by atoms with Crippen LogP contribution in [0.3, 0.4) is 0 Å². The number of unbranched alkanes of at least 4 members (excludes halogenated alkanes) is 59. The molecule has 0 saturated carbocycles. The molecule has 0 amide bonds. The van der Waals surface area contributed by atoms with Crippen molar-refractivity contribution in [3.05, 3.63) is 0 Å². The van der Waals surface area contributed by atoms with E-state index in [1.165, 1.54) is 289 Å². The molecule has 0 rings (SSSR count). The average molecular weight is 1510 g/mol. The third kappa shape index (κ3) is 78.0. The zero-order valence-corrected chi connectivity index (χ0v) is 69.1. The second-order valence-electron chi connectivity index (χ2n) is 30.2. The molecule has 0 aliphatic carbocycles. The van der Waals surface area contributed by atoms with E-state index < -0.39 is 97.5 Å². The van der Waals surface area contributed by atoms with Crippen molar-refractivity contribution in [3.8, 4) is 0 Å². The van der Waals surface area contributed by atoms with Crippen LogP contribution in [-0.4, -0.2) is 96.7 Å². The SMILES string of the molecule is CCCCCCCCCCCCCCCCCCCCCCC(=O)O[C@H](COC(=O)CCCCCCCCCCCCCCCCCCCC)COP(=O)(O)OC[C@@H](O)COP(=O)(O)OC[C@@H](COC(=O)CCCCCCCCCCCCC)OC(=O)CCCCCCCCCCCCCCCC. The number of phosphoric ester groups is 2. The number of carbonyl (C=O) groups is 4. The van der Waals surface area contributed by atoms with E-state index >= 15 is 0 Å². The van der Waals surface area contributed by atoms with E-state index in [2.05, 4.69) is 27.7 Å². The molecule has 2 unspecified atom stereocenters. The minimum absolute atomic E-state index is 0.109. The molecule has 5 atom stereocenters. The fourth-order valence-corrected chi connectivity index (χ4v) is 14.7. The van der Waals surface area contributed by atoms with E-state index in [9.17, 15) is 43.2 Å². The topological polar surface area (TPSA) is 237 Å². The van der Waals surface area contributed by atoms with Gasteiger partial charge in [-0.25, -0.2) is 9.13 Å². The maximum absolute atomic E-state index is 13.1. The number of ether oxygens (including phenoxy) is 4. The Bertz CT molecular complexity index is 1950. The second kappa shape index (κ2) is 78.2. The molecule has 0 aromatic carbocycles. The van der Waals surface area contributed by atoms with Crippen LogP contribution in [0.15, 0.2) is 0 Å². The van der Waals surface area contributed by atoms with Gasteiger partial charge in [0.25, 0.3) is 0 Å². The molecule has 19 heteroatoms. The quantitative estimate of drug-likeness (QED) is 0.0222. The van der Waals surface area contributed by atoms with Gasteiger partial charge in [0.15, 0.2) is 12.2 Å². The van der Waals surface area contributed by atoms with Crippen LogP contribution in [0, 0.1) is 0 Å². The van der Waals surface area contributed by atoms with Crippen molar-refractivity contribution in [1.29, 1.82) is 0 Å². The smallest absolute Gasteiger partial charge is 0.462 e. The predicted octanol–water partition coefficient (Wildman–Crippen LogP) is 25.7. The Morgan fingerprint density at radius 1 is 0.233 bits per heavy atom. The van der Waals surface area contributed by atoms with Gasteiger partial charge in [0.1, 0.15) is 19.3 Å². The van der Waals surface area contributed by atoms with E-state index in [4.69, 9.17) is 37.0 Å².